The Hall–Kier alpha value is -1.66. The molecule has 0 radical (unpaired) electrons. The Morgan fingerprint density at radius 3 is 2.17 bits per heavy atom. The number of aliphatic imine (C=N–C) groups is 1. The average molecular weight is 327 g/mol. The van der Waals surface area contributed by atoms with E-state index in [1.54, 1.807) is 6.21 Å². The topological polar surface area (TPSA) is 69.2 Å². The smallest absolute Gasteiger partial charge is 0.399 e. The minimum Gasteiger partial charge on any atom is -0.399 e. The number of hydrazone groups is 1. The Balaban J connectivity index is 1.60. The lowest BCUT2D eigenvalue weighted by Crippen LogP contribution is -2.41. The van der Waals surface area contributed by atoms with E-state index in [0.717, 1.165) is 18.3 Å². The highest BCUT2D eigenvalue weighted by atomic mass is 16.7. The van der Waals surface area contributed by atoms with Gasteiger partial charge in [0.2, 0.25) is 0 Å². The Bertz CT molecular complexity index is 618. The first-order valence-corrected chi connectivity index (χ1v) is 8.53. The molecule has 0 aromatic heterocycles. The van der Waals surface area contributed by atoms with Crippen LogP contribution in [0.5, 0.6) is 0 Å². The van der Waals surface area contributed by atoms with Crippen molar-refractivity contribution >= 4 is 25.0 Å². The molecule has 128 valence electrons. The van der Waals surface area contributed by atoms with Gasteiger partial charge < -0.3 is 15.2 Å². The van der Waals surface area contributed by atoms with Gasteiger partial charge in [-0.1, -0.05) is 24.3 Å². The molecule has 3 rings (SSSR count). The van der Waals surface area contributed by atoms with E-state index in [-0.39, 0.29) is 18.3 Å². The quantitative estimate of drug-likeness (QED) is 0.399. The second kappa shape index (κ2) is 6.33. The molecule has 1 aliphatic heterocycles. The van der Waals surface area contributed by atoms with E-state index < -0.39 is 0 Å². The lowest BCUT2D eigenvalue weighted by molar-refractivity contribution is 0.00578. The summed E-state index contributed by atoms with van der Waals surface area (Å²) >= 11 is 0. The fourth-order valence-corrected chi connectivity index (χ4v) is 3.08. The first-order chi connectivity index (χ1) is 11.3. The summed E-state index contributed by atoms with van der Waals surface area (Å²) in [7, 11) is -0.293. The maximum atomic E-state index is 6.10. The minimum absolute atomic E-state index is 0.293. The van der Waals surface area contributed by atoms with Crippen LogP contribution in [0.25, 0.3) is 0 Å². The summed E-state index contributed by atoms with van der Waals surface area (Å²) in [5.74, 6) is 5.63. The molecule has 0 spiro atoms. The molecule has 2 aliphatic rings. The van der Waals surface area contributed by atoms with Gasteiger partial charge >= 0.3 is 7.12 Å². The molecule has 1 aliphatic carbocycles. The Morgan fingerprint density at radius 1 is 1.04 bits per heavy atom. The molecule has 1 aromatic carbocycles. The second-order valence-corrected chi connectivity index (χ2v) is 7.67. The molecule has 5 nitrogen and oxygen atoms in total. The van der Waals surface area contributed by atoms with Crippen LogP contribution in [0, 0.1) is 0 Å². The molecule has 1 saturated carbocycles. The van der Waals surface area contributed by atoms with Crippen molar-refractivity contribution in [2.24, 2.45) is 15.9 Å². The fraction of sp³-hybridized carbons (Fsp3) is 0.556. The van der Waals surface area contributed by atoms with Crippen molar-refractivity contribution in [1.29, 1.82) is 0 Å². The summed E-state index contributed by atoms with van der Waals surface area (Å²) in [6, 6.07) is 9.00. The van der Waals surface area contributed by atoms with Gasteiger partial charge in [0, 0.05) is 6.21 Å². The predicted molar refractivity (Wildman–Crippen MR) is 99.1 cm³/mol. The standard InChI is InChI=1S/C18H26BN3O2/c1-17(2)18(3,4)24-19(23-17)15-7-5-13(6-8-15)14-11-16(12-14)21-9-10-22-20/h5-10,14,16H,11-12,20H2,1-4H3/b21-9?,22-10-. The van der Waals surface area contributed by atoms with Gasteiger partial charge in [-0.3, -0.25) is 4.99 Å². The van der Waals surface area contributed by atoms with Gasteiger partial charge in [-0.05, 0) is 57.5 Å². The summed E-state index contributed by atoms with van der Waals surface area (Å²) < 4.78 is 12.2. The van der Waals surface area contributed by atoms with E-state index in [2.05, 4.69) is 62.1 Å². The molecule has 2 N–H and O–H groups in total. The first kappa shape index (κ1) is 17.2. The van der Waals surface area contributed by atoms with Crippen molar-refractivity contribution in [1.82, 2.24) is 0 Å². The highest BCUT2D eigenvalue weighted by Gasteiger charge is 2.51. The third-order valence-electron chi connectivity index (χ3n) is 5.50. The number of nitrogens with zero attached hydrogens (tertiary/aromatic N) is 2. The molecule has 0 bridgehead atoms. The number of benzene rings is 1. The maximum Gasteiger partial charge on any atom is 0.494 e. The van der Waals surface area contributed by atoms with E-state index in [1.165, 1.54) is 11.8 Å². The zero-order valence-corrected chi connectivity index (χ0v) is 14.9. The summed E-state index contributed by atoms with van der Waals surface area (Å²) in [4.78, 5) is 4.41. The van der Waals surface area contributed by atoms with Crippen molar-refractivity contribution < 1.29 is 9.31 Å². The van der Waals surface area contributed by atoms with Gasteiger partial charge in [-0.25, -0.2) is 0 Å². The largest absolute Gasteiger partial charge is 0.494 e. The summed E-state index contributed by atoms with van der Waals surface area (Å²) in [6.45, 7) is 8.30. The van der Waals surface area contributed by atoms with E-state index in [1.807, 2.05) is 0 Å². The van der Waals surface area contributed by atoms with Crippen LogP contribution in [0.15, 0.2) is 34.4 Å². The van der Waals surface area contributed by atoms with Gasteiger partial charge in [0.15, 0.2) is 0 Å². The predicted octanol–water partition coefficient (Wildman–Crippen LogP) is 2.25. The van der Waals surface area contributed by atoms with Gasteiger partial charge in [-0.15, -0.1) is 0 Å². The van der Waals surface area contributed by atoms with Crippen molar-refractivity contribution in [3.05, 3.63) is 29.8 Å². The number of rotatable bonds is 4. The van der Waals surface area contributed by atoms with E-state index in [9.17, 15) is 0 Å². The highest BCUT2D eigenvalue weighted by molar-refractivity contribution is 6.62. The maximum absolute atomic E-state index is 6.10. The molecule has 0 atom stereocenters. The second-order valence-electron chi connectivity index (χ2n) is 7.67. The zero-order chi connectivity index (χ0) is 17.4. The van der Waals surface area contributed by atoms with E-state index in [0.29, 0.717) is 12.0 Å². The average Bonchev–Trinajstić information content (AvgIpc) is 2.70. The van der Waals surface area contributed by atoms with Gasteiger partial charge in [0.1, 0.15) is 0 Å². The van der Waals surface area contributed by atoms with Crippen LogP contribution >= 0.6 is 0 Å². The Kier molecular flexibility index (Phi) is 4.53. The summed E-state index contributed by atoms with van der Waals surface area (Å²) in [5, 5.41) is 3.41. The third-order valence-corrected chi connectivity index (χ3v) is 5.50. The number of nitrogens with two attached hydrogens (primary N) is 1. The molecule has 1 heterocycles. The summed E-state index contributed by atoms with van der Waals surface area (Å²) in [6.07, 6.45) is 5.35. The minimum atomic E-state index is -0.303. The Morgan fingerprint density at radius 2 is 1.62 bits per heavy atom. The monoisotopic (exact) mass is 327 g/mol. The van der Waals surface area contributed by atoms with Crippen LogP contribution < -0.4 is 11.3 Å². The third kappa shape index (κ3) is 3.26. The normalized spacial score (nSPS) is 28.6. The first-order valence-electron chi connectivity index (χ1n) is 8.53. The summed E-state index contributed by atoms with van der Waals surface area (Å²) in [5.41, 5.74) is 1.82. The lowest BCUT2D eigenvalue weighted by Gasteiger charge is -2.32. The van der Waals surface area contributed by atoms with Crippen molar-refractivity contribution in [3.8, 4) is 0 Å². The number of hydrogen-bond donors (Lipinski definition) is 1. The van der Waals surface area contributed by atoms with Crippen LogP contribution in [-0.4, -0.2) is 36.8 Å². The van der Waals surface area contributed by atoms with Crippen molar-refractivity contribution in [3.63, 3.8) is 0 Å². The SMILES string of the molecule is CC1(C)OB(c2ccc(C3CC(N=C/C=N\N)C3)cc2)OC1(C)C. The molecule has 6 heteroatoms. The van der Waals surface area contributed by atoms with E-state index in [4.69, 9.17) is 15.2 Å². The van der Waals surface area contributed by atoms with Crippen LogP contribution in [0.3, 0.4) is 0 Å². The van der Waals surface area contributed by atoms with E-state index >= 15 is 0 Å². The molecular weight excluding hydrogens is 301 g/mol. The van der Waals surface area contributed by atoms with Gasteiger partial charge in [0.25, 0.3) is 0 Å². The van der Waals surface area contributed by atoms with Crippen LogP contribution in [0.1, 0.15) is 52.0 Å². The lowest BCUT2D eigenvalue weighted by atomic mass is 9.73. The molecule has 1 aromatic rings. The van der Waals surface area contributed by atoms with Gasteiger partial charge in [0.05, 0.1) is 23.5 Å². The van der Waals surface area contributed by atoms with Gasteiger partial charge in [-0.2, -0.15) is 5.10 Å². The molecule has 0 amide bonds. The Labute approximate surface area is 144 Å². The van der Waals surface area contributed by atoms with Crippen molar-refractivity contribution in [2.75, 3.05) is 0 Å². The molecule has 2 fully saturated rings. The van der Waals surface area contributed by atoms with Crippen molar-refractivity contribution in [2.45, 2.75) is 63.7 Å². The van der Waals surface area contributed by atoms with Crippen LogP contribution in [0.2, 0.25) is 0 Å². The molecule has 0 unspecified atom stereocenters. The number of hydrogen-bond acceptors (Lipinski definition) is 5. The molecule has 1 saturated heterocycles. The van der Waals surface area contributed by atoms with Crippen LogP contribution in [0.4, 0.5) is 0 Å². The molecule has 24 heavy (non-hydrogen) atoms. The zero-order valence-electron chi connectivity index (χ0n) is 14.9. The highest BCUT2D eigenvalue weighted by Crippen LogP contribution is 2.39. The van der Waals surface area contributed by atoms with Crippen LogP contribution in [-0.2, 0) is 9.31 Å². The molecular formula is C18H26BN3O2. The fourth-order valence-electron chi connectivity index (χ4n) is 3.08.